The van der Waals surface area contributed by atoms with E-state index in [1.165, 1.54) is 12.1 Å². The Hall–Kier alpha value is -2.92. The first kappa shape index (κ1) is 19.8. The zero-order valence-corrected chi connectivity index (χ0v) is 15.2. The second kappa shape index (κ2) is 7.60. The lowest BCUT2D eigenvalue weighted by atomic mass is 10.2. The molecule has 7 nitrogen and oxygen atoms in total. The third-order valence-corrected chi connectivity index (χ3v) is 5.35. The van der Waals surface area contributed by atoms with Gasteiger partial charge in [0.05, 0.1) is 21.5 Å². The van der Waals surface area contributed by atoms with E-state index < -0.39 is 40.5 Å². The van der Waals surface area contributed by atoms with Gasteiger partial charge in [-0.2, -0.15) is 8.78 Å². The van der Waals surface area contributed by atoms with E-state index in [-0.39, 0.29) is 21.8 Å². The first-order chi connectivity index (χ1) is 13.2. The monoisotopic (exact) mass is 413 g/mol. The van der Waals surface area contributed by atoms with Crippen molar-refractivity contribution in [2.45, 2.75) is 18.1 Å². The summed E-state index contributed by atoms with van der Waals surface area (Å²) in [6.07, 6.45) is 0. The number of hydrogen-bond acceptors (Lipinski definition) is 5. The van der Waals surface area contributed by atoms with Crippen molar-refractivity contribution in [3.05, 3.63) is 59.7 Å². The van der Waals surface area contributed by atoms with E-state index >= 15 is 0 Å². The Labute approximate surface area is 157 Å². The van der Waals surface area contributed by atoms with Crippen LogP contribution in [0, 0.1) is 5.82 Å². The van der Waals surface area contributed by atoms with Crippen LogP contribution in [0.5, 0.6) is 0 Å². The molecule has 28 heavy (non-hydrogen) atoms. The summed E-state index contributed by atoms with van der Waals surface area (Å²) >= 11 is 0. The van der Waals surface area contributed by atoms with Gasteiger partial charge in [-0.05, 0) is 37.4 Å². The minimum absolute atomic E-state index is 0.150. The van der Waals surface area contributed by atoms with E-state index in [2.05, 4.69) is 4.98 Å². The summed E-state index contributed by atoms with van der Waals surface area (Å²) in [4.78, 5) is 15.9. The molecule has 0 saturated heterocycles. The van der Waals surface area contributed by atoms with E-state index in [0.29, 0.717) is 4.57 Å². The Morgan fingerprint density at radius 2 is 1.96 bits per heavy atom. The average molecular weight is 413 g/mol. The highest BCUT2D eigenvalue weighted by molar-refractivity contribution is 7.89. The number of sulfonamides is 1. The number of nitrogens with zero attached hydrogens (tertiary/aromatic N) is 2. The number of aromatic nitrogens is 2. The second-order valence-electron chi connectivity index (χ2n) is 5.59. The number of esters is 1. The summed E-state index contributed by atoms with van der Waals surface area (Å²) < 4.78 is 71.9. The van der Waals surface area contributed by atoms with Gasteiger partial charge < -0.3 is 4.74 Å². The third kappa shape index (κ3) is 3.71. The molecule has 0 fully saturated rings. The van der Waals surface area contributed by atoms with Crippen molar-refractivity contribution >= 4 is 27.0 Å². The number of benzene rings is 2. The highest BCUT2D eigenvalue weighted by Crippen LogP contribution is 2.24. The molecule has 0 radical (unpaired) electrons. The van der Waals surface area contributed by atoms with Crippen LogP contribution in [0.4, 0.5) is 13.2 Å². The molecule has 1 heterocycles. The van der Waals surface area contributed by atoms with Crippen molar-refractivity contribution < 1.29 is 31.1 Å². The van der Waals surface area contributed by atoms with E-state index in [0.717, 1.165) is 25.2 Å². The van der Waals surface area contributed by atoms with Gasteiger partial charge in [-0.1, -0.05) is 12.1 Å². The number of hydrogen-bond donors (Lipinski definition) is 1. The molecule has 0 unspecified atom stereocenters. The van der Waals surface area contributed by atoms with Crippen LogP contribution >= 0.6 is 0 Å². The molecule has 1 N–H and O–H groups in total. The van der Waals surface area contributed by atoms with Crippen LogP contribution in [0.3, 0.4) is 0 Å². The second-order valence-corrected chi connectivity index (χ2v) is 7.48. The smallest absolute Gasteiger partial charge is 0.341 e. The van der Waals surface area contributed by atoms with Gasteiger partial charge in [0, 0.05) is 0 Å². The molecular weight excluding hydrogens is 399 g/mol. The maximum atomic E-state index is 14.0. The van der Waals surface area contributed by atoms with E-state index in [1.807, 2.05) is 4.72 Å². The van der Waals surface area contributed by atoms with Gasteiger partial charge >= 0.3 is 12.5 Å². The molecule has 11 heteroatoms. The minimum Gasteiger partial charge on any atom is -0.454 e. The molecule has 0 aliphatic carbocycles. The Morgan fingerprint density at radius 1 is 1.25 bits per heavy atom. The zero-order valence-electron chi connectivity index (χ0n) is 14.4. The predicted molar refractivity (Wildman–Crippen MR) is 92.8 cm³/mol. The Kier molecular flexibility index (Phi) is 5.38. The molecule has 3 rings (SSSR count). The summed E-state index contributed by atoms with van der Waals surface area (Å²) in [6.45, 7) is -3.58. The van der Waals surface area contributed by atoms with Crippen LogP contribution in [0.1, 0.15) is 22.7 Å². The summed E-state index contributed by atoms with van der Waals surface area (Å²) in [6, 6.07) is 8.71. The third-order valence-electron chi connectivity index (χ3n) is 3.93. The number of fused-ring (bicyclic) bond motifs is 1. The summed E-state index contributed by atoms with van der Waals surface area (Å²) in [5, 5.41) is 0. The van der Waals surface area contributed by atoms with Gasteiger partial charge in [0.2, 0.25) is 10.0 Å². The van der Waals surface area contributed by atoms with Crippen LogP contribution in [0.2, 0.25) is 0 Å². The van der Waals surface area contributed by atoms with Crippen LogP contribution in [0.15, 0.2) is 47.4 Å². The molecule has 0 atom stereocenters. The van der Waals surface area contributed by atoms with Crippen LogP contribution in [-0.4, -0.2) is 31.0 Å². The van der Waals surface area contributed by atoms with Crippen LogP contribution < -0.4 is 4.72 Å². The highest BCUT2D eigenvalue weighted by atomic mass is 32.2. The maximum Gasteiger partial charge on any atom is 0.341 e. The van der Waals surface area contributed by atoms with E-state index in [9.17, 15) is 26.4 Å². The average Bonchev–Trinajstić information content (AvgIpc) is 3.04. The first-order valence-corrected chi connectivity index (χ1v) is 9.37. The Morgan fingerprint density at radius 3 is 2.64 bits per heavy atom. The van der Waals surface area contributed by atoms with Crippen molar-refractivity contribution in [3.63, 3.8) is 0 Å². The number of halogens is 3. The Bertz CT molecular complexity index is 1150. The van der Waals surface area contributed by atoms with Crippen molar-refractivity contribution in [2.24, 2.45) is 0 Å². The van der Waals surface area contributed by atoms with Gasteiger partial charge in [0.25, 0.3) is 0 Å². The number of ether oxygens (including phenoxy) is 1. The largest absolute Gasteiger partial charge is 0.454 e. The lowest BCUT2D eigenvalue weighted by molar-refractivity contribution is 0.0383. The molecule has 2 aromatic carbocycles. The summed E-state index contributed by atoms with van der Waals surface area (Å²) in [5.74, 6) is -2.45. The molecule has 3 aromatic rings. The fourth-order valence-electron chi connectivity index (χ4n) is 2.57. The quantitative estimate of drug-likeness (QED) is 0.628. The molecule has 148 valence electrons. The first-order valence-electron chi connectivity index (χ1n) is 7.89. The van der Waals surface area contributed by atoms with Crippen molar-refractivity contribution in [1.29, 1.82) is 0 Å². The number of carbonyl (C=O) groups excluding carboxylic acids is 1. The maximum absolute atomic E-state index is 14.0. The minimum atomic E-state index is -3.91. The van der Waals surface area contributed by atoms with Gasteiger partial charge in [-0.25, -0.2) is 27.3 Å². The molecular formula is C17H14F3N3O4S. The van der Waals surface area contributed by atoms with Crippen molar-refractivity contribution in [3.8, 4) is 0 Å². The van der Waals surface area contributed by atoms with Crippen LogP contribution in [-0.2, 0) is 21.4 Å². The molecule has 0 bridgehead atoms. The molecule has 1 aromatic heterocycles. The molecule has 0 saturated carbocycles. The van der Waals surface area contributed by atoms with Crippen molar-refractivity contribution in [1.82, 2.24) is 14.3 Å². The lowest BCUT2D eigenvalue weighted by Crippen LogP contribution is -2.19. The number of carbonyl (C=O) groups is 1. The van der Waals surface area contributed by atoms with Crippen LogP contribution in [0.25, 0.3) is 11.0 Å². The predicted octanol–water partition coefficient (Wildman–Crippen LogP) is 2.84. The number of imidazole rings is 1. The number of alkyl halides is 2. The lowest BCUT2D eigenvalue weighted by Gasteiger charge is -2.10. The molecule has 0 aliphatic heterocycles. The molecule has 0 amide bonds. The van der Waals surface area contributed by atoms with E-state index in [1.54, 1.807) is 12.1 Å². The van der Waals surface area contributed by atoms with Crippen molar-refractivity contribution in [2.75, 3.05) is 7.05 Å². The summed E-state index contributed by atoms with van der Waals surface area (Å²) in [7, 11) is -2.76. The summed E-state index contributed by atoms with van der Waals surface area (Å²) in [5.41, 5.74) is -0.213. The number of nitrogens with one attached hydrogen (secondary N) is 1. The fraction of sp³-hybridized carbons (Fsp3) is 0.176. The number of para-hydroxylation sites is 2. The molecule has 0 aliphatic rings. The SMILES string of the molecule is CNS(=O)(=O)c1ccc(F)c(C(=O)OCc2nc3ccccc3n2C(F)F)c1. The topological polar surface area (TPSA) is 90.3 Å². The number of rotatable bonds is 6. The van der Waals surface area contributed by atoms with Gasteiger partial charge in [-0.3, -0.25) is 4.57 Å². The zero-order chi connectivity index (χ0) is 20.5. The normalized spacial score (nSPS) is 11.9. The Balaban J connectivity index is 1.88. The van der Waals surface area contributed by atoms with Gasteiger partial charge in [0.1, 0.15) is 12.4 Å². The van der Waals surface area contributed by atoms with Gasteiger partial charge in [-0.15, -0.1) is 0 Å². The standard InChI is InChI=1S/C17H14F3N3O4S/c1-21-28(25,26)10-6-7-12(18)11(8-10)16(24)27-9-15-22-13-4-2-3-5-14(13)23(15)17(19)20/h2-8,17,21H,9H2,1H3. The van der Waals surface area contributed by atoms with Gasteiger partial charge in [0.15, 0.2) is 5.82 Å². The highest BCUT2D eigenvalue weighted by Gasteiger charge is 2.22. The molecule has 0 spiro atoms. The van der Waals surface area contributed by atoms with E-state index in [4.69, 9.17) is 4.74 Å². The fourth-order valence-corrected chi connectivity index (χ4v) is 3.32.